The molecule has 0 aliphatic heterocycles. The Labute approximate surface area is 112 Å². The first-order valence-corrected chi connectivity index (χ1v) is 6.23. The fraction of sp³-hybridized carbons (Fsp3) is 0. The zero-order chi connectivity index (χ0) is 12.5. The van der Waals surface area contributed by atoms with E-state index in [1.54, 1.807) is 6.07 Å². The van der Waals surface area contributed by atoms with E-state index in [-0.39, 0.29) is 0 Å². The van der Waals surface area contributed by atoms with Crippen molar-refractivity contribution in [3.05, 3.63) is 58.8 Å². The highest BCUT2D eigenvalue weighted by Crippen LogP contribution is 2.26. The van der Waals surface area contributed by atoms with Crippen molar-refractivity contribution < 1.29 is 0 Å². The summed E-state index contributed by atoms with van der Waals surface area (Å²) in [4.78, 5) is 4.44. The molecule has 4 heteroatoms. The lowest BCUT2D eigenvalue weighted by Crippen LogP contribution is -1.97. The lowest BCUT2D eigenvalue weighted by Gasteiger charge is -2.07. The smallest absolute Gasteiger partial charge is 0.182 e. The lowest BCUT2D eigenvalue weighted by molar-refractivity contribution is 1.04. The summed E-state index contributed by atoms with van der Waals surface area (Å²) >= 11 is 3.45. The van der Waals surface area contributed by atoms with E-state index >= 15 is 0 Å². The van der Waals surface area contributed by atoms with Crippen molar-refractivity contribution in [2.24, 2.45) is 0 Å². The van der Waals surface area contributed by atoms with Crippen LogP contribution in [0.3, 0.4) is 0 Å². The molecular weight excluding hydrogens is 290 g/mol. The maximum absolute atomic E-state index is 9.18. The molecule has 86 valence electrons. The van der Waals surface area contributed by atoms with Gasteiger partial charge in [-0.2, -0.15) is 5.26 Å². The van der Waals surface area contributed by atoms with Crippen LogP contribution >= 0.6 is 15.9 Å². The number of para-hydroxylation sites is 3. The SMILES string of the molecule is N#Cc1ccccc1-n1c(Br)nc2ccccc21. The zero-order valence-corrected chi connectivity index (χ0v) is 10.9. The molecule has 18 heavy (non-hydrogen) atoms. The Hall–Kier alpha value is -2.12. The van der Waals surface area contributed by atoms with Crippen LogP contribution in [-0.2, 0) is 0 Å². The Bertz CT molecular complexity index is 768. The summed E-state index contributed by atoms with van der Waals surface area (Å²) in [6.45, 7) is 0. The maximum Gasteiger partial charge on any atom is 0.182 e. The highest BCUT2D eigenvalue weighted by molar-refractivity contribution is 9.10. The Morgan fingerprint density at radius 2 is 1.78 bits per heavy atom. The largest absolute Gasteiger partial charge is 0.286 e. The number of nitriles is 1. The number of hydrogen-bond acceptors (Lipinski definition) is 2. The highest BCUT2D eigenvalue weighted by Gasteiger charge is 2.12. The fourth-order valence-electron chi connectivity index (χ4n) is 1.99. The van der Waals surface area contributed by atoms with E-state index in [2.05, 4.69) is 27.0 Å². The minimum Gasteiger partial charge on any atom is -0.286 e. The van der Waals surface area contributed by atoms with Crippen LogP contribution < -0.4 is 0 Å². The number of halogens is 1. The maximum atomic E-state index is 9.18. The lowest BCUT2D eigenvalue weighted by atomic mass is 10.2. The Balaban J connectivity index is 2.39. The molecule has 1 aromatic heterocycles. The Morgan fingerprint density at radius 3 is 2.61 bits per heavy atom. The molecule has 0 N–H and O–H groups in total. The fourth-order valence-corrected chi connectivity index (χ4v) is 2.56. The third-order valence-electron chi connectivity index (χ3n) is 2.79. The molecule has 2 aromatic carbocycles. The summed E-state index contributed by atoms with van der Waals surface area (Å²) in [6, 6.07) is 17.5. The van der Waals surface area contributed by atoms with Crippen molar-refractivity contribution in [3.63, 3.8) is 0 Å². The summed E-state index contributed by atoms with van der Waals surface area (Å²) in [5, 5.41) is 9.18. The van der Waals surface area contributed by atoms with Gasteiger partial charge >= 0.3 is 0 Å². The monoisotopic (exact) mass is 297 g/mol. The number of nitrogens with zero attached hydrogens (tertiary/aromatic N) is 3. The van der Waals surface area contributed by atoms with Crippen LogP contribution in [-0.4, -0.2) is 9.55 Å². The summed E-state index contributed by atoms with van der Waals surface area (Å²) in [7, 11) is 0. The number of fused-ring (bicyclic) bond motifs is 1. The molecule has 3 aromatic rings. The van der Waals surface area contributed by atoms with Crippen molar-refractivity contribution in [1.82, 2.24) is 9.55 Å². The van der Waals surface area contributed by atoms with Gasteiger partial charge in [0.05, 0.1) is 22.3 Å². The topological polar surface area (TPSA) is 41.6 Å². The van der Waals surface area contributed by atoms with Crippen molar-refractivity contribution >= 4 is 27.0 Å². The number of rotatable bonds is 1. The van der Waals surface area contributed by atoms with E-state index in [0.29, 0.717) is 10.3 Å². The molecule has 0 aliphatic carbocycles. The van der Waals surface area contributed by atoms with Crippen LogP contribution in [0.1, 0.15) is 5.56 Å². The predicted molar refractivity (Wildman–Crippen MR) is 73.5 cm³/mol. The number of imidazole rings is 1. The van der Waals surface area contributed by atoms with Crippen LogP contribution in [0.25, 0.3) is 16.7 Å². The van der Waals surface area contributed by atoms with E-state index in [1.807, 2.05) is 47.0 Å². The number of aromatic nitrogens is 2. The molecule has 0 bridgehead atoms. The van der Waals surface area contributed by atoms with Gasteiger partial charge in [-0.05, 0) is 40.2 Å². The third-order valence-corrected chi connectivity index (χ3v) is 3.32. The van der Waals surface area contributed by atoms with Crippen molar-refractivity contribution in [1.29, 1.82) is 5.26 Å². The molecular formula is C14H8BrN3. The number of benzene rings is 2. The quantitative estimate of drug-likeness (QED) is 0.688. The van der Waals surface area contributed by atoms with Crippen molar-refractivity contribution in [3.8, 4) is 11.8 Å². The van der Waals surface area contributed by atoms with Crippen LogP contribution in [0, 0.1) is 11.3 Å². The van der Waals surface area contributed by atoms with Gasteiger partial charge in [-0.1, -0.05) is 24.3 Å². The average Bonchev–Trinajstić information content (AvgIpc) is 2.74. The Morgan fingerprint density at radius 1 is 1.06 bits per heavy atom. The van der Waals surface area contributed by atoms with Crippen LogP contribution in [0.4, 0.5) is 0 Å². The molecule has 0 radical (unpaired) electrons. The normalized spacial score (nSPS) is 10.4. The molecule has 1 heterocycles. The summed E-state index contributed by atoms with van der Waals surface area (Å²) in [5.41, 5.74) is 3.34. The summed E-state index contributed by atoms with van der Waals surface area (Å²) in [5.74, 6) is 0. The second kappa shape index (κ2) is 4.28. The minimum absolute atomic E-state index is 0.626. The molecule has 3 rings (SSSR count). The highest BCUT2D eigenvalue weighted by atomic mass is 79.9. The molecule has 0 unspecified atom stereocenters. The third kappa shape index (κ3) is 1.60. The summed E-state index contributed by atoms with van der Waals surface area (Å²) < 4.78 is 2.64. The Kier molecular flexibility index (Phi) is 2.62. The van der Waals surface area contributed by atoms with Gasteiger partial charge in [-0.3, -0.25) is 4.57 Å². The van der Waals surface area contributed by atoms with Crippen molar-refractivity contribution in [2.45, 2.75) is 0 Å². The van der Waals surface area contributed by atoms with E-state index in [0.717, 1.165) is 16.7 Å². The van der Waals surface area contributed by atoms with Gasteiger partial charge in [0.1, 0.15) is 6.07 Å². The van der Waals surface area contributed by atoms with E-state index in [9.17, 15) is 5.26 Å². The van der Waals surface area contributed by atoms with Gasteiger partial charge in [0, 0.05) is 0 Å². The van der Waals surface area contributed by atoms with E-state index < -0.39 is 0 Å². The van der Waals surface area contributed by atoms with Gasteiger partial charge in [0.15, 0.2) is 4.73 Å². The van der Waals surface area contributed by atoms with E-state index in [1.165, 1.54) is 0 Å². The molecule has 0 saturated heterocycles. The van der Waals surface area contributed by atoms with Gasteiger partial charge < -0.3 is 0 Å². The van der Waals surface area contributed by atoms with E-state index in [4.69, 9.17) is 0 Å². The molecule has 0 fully saturated rings. The zero-order valence-electron chi connectivity index (χ0n) is 9.34. The first-order chi connectivity index (χ1) is 8.81. The molecule has 0 amide bonds. The van der Waals surface area contributed by atoms with Gasteiger partial charge in [-0.25, -0.2) is 4.98 Å². The van der Waals surface area contributed by atoms with Gasteiger partial charge in [-0.15, -0.1) is 0 Å². The molecule has 0 saturated carbocycles. The van der Waals surface area contributed by atoms with Gasteiger partial charge in [0.2, 0.25) is 0 Å². The molecule has 0 aliphatic rings. The average molecular weight is 298 g/mol. The van der Waals surface area contributed by atoms with Crippen molar-refractivity contribution in [2.75, 3.05) is 0 Å². The first-order valence-electron chi connectivity index (χ1n) is 5.44. The van der Waals surface area contributed by atoms with Crippen LogP contribution in [0.5, 0.6) is 0 Å². The second-order valence-corrected chi connectivity index (χ2v) is 4.54. The minimum atomic E-state index is 0.626. The molecule has 0 atom stereocenters. The summed E-state index contributed by atoms with van der Waals surface area (Å²) in [6.07, 6.45) is 0. The van der Waals surface area contributed by atoms with Crippen LogP contribution in [0.2, 0.25) is 0 Å². The van der Waals surface area contributed by atoms with Gasteiger partial charge in [0.25, 0.3) is 0 Å². The standard InChI is InChI=1S/C14H8BrN3/c15-14-17-11-6-2-4-8-13(11)18(14)12-7-3-1-5-10(12)9-16/h1-8H. The number of hydrogen-bond donors (Lipinski definition) is 0. The molecule has 0 spiro atoms. The van der Waals surface area contributed by atoms with Crippen LogP contribution in [0.15, 0.2) is 53.3 Å². The first kappa shape index (κ1) is 11.0. The molecule has 3 nitrogen and oxygen atoms in total. The second-order valence-electron chi connectivity index (χ2n) is 3.83. The predicted octanol–water partition coefficient (Wildman–Crippen LogP) is 3.66.